The number of carbonyl (C=O) groups excluding carboxylic acids is 1. The molecule has 2 aliphatic rings. The molecule has 10 heteroatoms. The number of anilines is 4. The van der Waals surface area contributed by atoms with E-state index in [-0.39, 0.29) is 12.1 Å². The van der Waals surface area contributed by atoms with Gasteiger partial charge in [-0.05, 0) is 35.9 Å². The van der Waals surface area contributed by atoms with Gasteiger partial charge in [0.2, 0.25) is 5.95 Å². The van der Waals surface area contributed by atoms with Crippen LogP contribution in [0.3, 0.4) is 0 Å². The van der Waals surface area contributed by atoms with Crippen molar-refractivity contribution < 1.29 is 14.4 Å². The summed E-state index contributed by atoms with van der Waals surface area (Å²) in [4.78, 5) is 34.1. The molecular formula is C31H29N7O3. The van der Waals surface area contributed by atoms with E-state index in [4.69, 9.17) is 9.57 Å². The van der Waals surface area contributed by atoms with Crippen molar-refractivity contribution in [2.45, 2.75) is 12.5 Å². The van der Waals surface area contributed by atoms with Crippen LogP contribution >= 0.6 is 0 Å². The second kappa shape index (κ2) is 12.5. The van der Waals surface area contributed by atoms with Gasteiger partial charge < -0.3 is 20.3 Å². The van der Waals surface area contributed by atoms with E-state index in [1.54, 1.807) is 18.6 Å². The number of amides is 2. The molecule has 1 atom stereocenters. The van der Waals surface area contributed by atoms with E-state index >= 15 is 0 Å². The van der Waals surface area contributed by atoms with Crippen molar-refractivity contribution in [1.82, 2.24) is 20.0 Å². The van der Waals surface area contributed by atoms with E-state index in [1.165, 1.54) is 5.06 Å². The Morgan fingerprint density at radius 2 is 1.63 bits per heavy atom. The number of rotatable bonds is 5. The number of benzene rings is 2. The fourth-order valence-corrected chi connectivity index (χ4v) is 4.67. The summed E-state index contributed by atoms with van der Waals surface area (Å²) in [6.45, 7) is 3.61. The predicted octanol–water partition coefficient (Wildman–Crippen LogP) is 4.76. The maximum atomic E-state index is 13.0. The van der Waals surface area contributed by atoms with Crippen LogP contribution in [-0.4, -0.2) is 59.0 Å². The maximum Gasteiger partial charge on any atom is 0.346 e. The van der Waals surface area contributed by atoms with Gasteiger partial charge in [0.25, 0.3) is 0 Å². The summed E-state index contributed by atoms with van der Waals surface area (Å²) in [5.41, 5.74) is 3.89. The highest BCUT2D eigenvalue weighted by molar-refractivity contribution is 5.89. The minimum absolute atomic E-state index is 0.123. The standard InChI is InChI=1S/C31H29N7O3/c39-31(38-28(13-16-41-38)25-6-2-1-3-7-25)36-26-8-4-5-23(19-26)9-10-24-20-33-30(34-21-24)35-27-11-12-29(32-22-27)37-14-17-40-18-15-37/h1-8,11-12,19-22,28H,13-18H2,(H,36,39)(H,33,34,35)/t28-/m0/s1. The van der Waals surface area contributed by atoms with Crippen LogP contribution in [0.1, 0.15) is 29.2 Å². The van der Waals surface area contributed by atoms with E-state index in [1.807, 2.05) is 66.7 Å². The molecule has 0 unspecified atom stereocenters. The highest BCUT2D eigenvalue weighted by Crippen LogP contribution is 2.30. The molecule has 6 rings (SSSR count). The average molecular weight is 548 g/mol. The summed E-state index contributed by atoms with van der Waals surface area (Å²) in [6.07, 6.45) is 5.85. The summed E-state index contributed by atoms with van der Waals surface area (Å²) in [6, 6.07) is 20.8. The van der Waals surface area contributed by atoms with Crippen LogP contribution in [-0.2, 0) is 9.57 Å². The molecule has 0 radical (unpaired) electrons. The maximum absolute atomic E-state index is 13.0. The summed E-state index contributed by atoms with van der Waals surface area (Å²) in [7, 11) is 0. The molecule has 0 saturated carbocycles. The fourth-order valence-electron chi connectivity index (χ4n) is 4.67. The predicted molar refractivity (Wildman–Crippen MR) is 156 cm³/mol. The average Bonchev–Trinajstić information content (AvgIpc) is 3.53. The van der Waals surface area contributed by atoms with Crippen molar-refractivity contribution >= 4 is 29.2 Å². The minimum atomic E-state index is -0.316. The fraction of sp³-hybridized carbons (Fsp3) is 0.226. The van der Waals surface area contributed by atoms with E-state index in [2.05, 4.69) is 42.3 Å². The van der Waals surface area contributed by atoms with E-state index < -0.39 is 0 Å². The second-order valence-corrected chi connectivity index (χ2v) is 9.56. The summed E-state index contributed by atoms with van der Waals surface area (Å²) in [5.74, 6) is 7.58. The molecule has 206 valence electrons. The molecule has 41 heavy (non-hydrogen) atoms. The van der Waals surface area contributed by atoms with E-state index in [9.17, 15) is 4.79 Å². The van der Waals surface area contributed by atoms with Crippen molar-refractivity contribution in [3.8, 4) is 11.8 Å². The van der Waals surface area contributed by atoms with Gasteiger partial charge in [-0.25, -0.2) is 19.7 Å². The minimum Gasteiger partial charge on any atom is -0.378 e. The number of urea groups is 1. The Bertz CT molecular complexity index is 1530. The Morgan fingerprint density at radius 3 is 2.41 bits per heavy atom. The van der Waals surface area contributed by atoms with Gasteiger partial charge >= 0.3 is 6.03 Å². The lowest BCUT2D eigenvalue weighted by molar-refractivity contribution is -0.0829. The summed E-state index contributed by atoms with van der Waals surface area (Å²) in [5, 5.41) is 7.50. The van der Waals surface area contributed by atoms with Crippen LogP contribution < -0.4 is 15.5 Å². The number of hydrogen-bond acceptors (Lipinski definition) is 8. The van der Waals surface area contributed by atoms with E-state index in [0.717, 1.165) is 55.4 Å². The Hall–Kier alpha value is -4.98. The third kappa shape index (κ3) is 6.61. The lowest BCUT2D eigenvalue weighted by Crippen LogP contribution is -2.36. The summed E-state index contributed by atoms with van der Waals surface area (Å²) < 4.78 is 5.40. The lowest BCUT2D eigenvalue weighted by atomic mass is 10.1. The summed E-state index contributed by atoms with van der Waals surface area (Å²) >= 11 is 0. The normalized spacial score (nSPS) is 16.5. The number of carbonyl (C=O) groups is 1. The number of pyridine rings is 1. The highest BCUT2D eigenvalue weighted by atomic mass is 16.7. The van der Waals surface area contributed by atoms with E-state index in [0.29, 0.717) is 23.8 Å². The molecule has 2 amide bonds. The van der Waals surface area contributed by atoms with Gasteiger partial charge in [-0.3, -0.25) is 4.84 Å². The second-order valence-electron chi connectivity index (χ2n) is 9.56. The molecule has 10 nitrogen and oxygen atoms in total. The molecule has 2 aromatic heterocycles. The third-order valence-corrected chi connectivity index (χ3v) is 6.75. The number of aromatic nitrogens is 3. The topological polar surface area (TPSA) is 105 Å². The van der Waals surface area contributed by atoms with Gasteiger partial charge in [0.15, 0.2) is 0 Å². The number of hydroxylamine groups is 2. The first-order valence-electron chi connectivity index (χ1n) is 13.5. The first-order valence-corrected chi connectivity index (χ1v) is 13.5. The lowest BCUT2D eigenvalue weighted by Gasteiger charge is -2.27. The van der Waals surface area contributed by atoms with Crippen LogP contribution in [0.15, 0.2) is 85.3 Å². The highest BCUT2D eigenvalue weighted by Gasteiger charge is 2.31. The van der Waals surface area contributed by atoms with Crippen LogP contribution in [0.25, 0.3) is 0 Å². The first-order chi connectivity index (χ1) is 20.2. The number of ether oxygens (including phenoxy) is 1. The van der Waals surface area contributed by atoms with Gasteiger partial charge in [-0.15, -0.1) is 0 Å². The SMILES string of the molecule is O=C(Nc1cccc(C#Cc2cnc(Nc3ccc(N4CCOCC4)nc3)nc2)c1)N1OCC[C@H]1c1ccccc1. The zero-order valence-corrected chi connectivity index (χ0v) is 22.4. The Morgan fingerprint density at radius 1 is 0.829 bits per heavy atom. The Labute approximate surface area is 238 Å². The Kier molecular flexibility index (Phi) is 7.98. The van der Waals surface area contributed by atoms with Gasteiger partial charge in [-0.2, -0.15) is 5.06 Å². The van der Waals surface area contributed by atoms with Crippen LogP contribution in [0.5, 0.6) is 0 Å². The van der Waals surface area contributed by atoms with Crippen LogP contribution in [0, 0.1) is 11.8 Å². The van der Waals surface area contributed by atoms with Crippen molar-refractivity contribution in [3.63, 3.8) is 0 Å². The molecule has 2 aliphatic heterocycles. The Balaban J connectivity index is 1.06. The molecule has 4 heterocycles. The van der Waals surface area contributed by atoms with Crippen molar-refractivity contribution in [2.75, 3.05) is 48.4 Å². The molecule has 2 saturated heterocycles. The number of morpholine rings is 1. The first kappa shape index (κ1) is 26.3. The van der Waals surface area contributed by atoms with Gasteiger partial charge in [-0.1, -0.05) is 48.2 Å². The molecule has 0 spiro atoms. The van der Waals surface area contributed by atoms with Gasteiger partial charge in [0.1, 0.15) is 5.82 Å². The van der Waals surface area contributed by atoms with Crippen molar-refractivity contribution in [3.05, 3.63) is 102 Å². The number of nitrogens with one attached hydrogen (secondary N) is 2. The van der Waals surface area contributed by atoms with Gasteiger partial charge in [0, 0.05) is 43.2 Å². The monoisotopic (exact) mass is 547 g/mol. The molecular weight excluding hydrogens is 518 g/mol. The van der Waals surface area contributed by atoms with Crippen LogP contribution in [0.2, 0.25) is 0 Å². The van der Waals surface area contributed by atoms with Crippen molar-refractivity contribution in [2.24, 2.45) is 0 Å². The smallest absolute Gasteiger partial charge is 0.346 e. The molecule has 4 aromatic rings. The largest absolute Gasteiger partial charge is 0.378 e. The van der Waals surface area contributed by atoms with Crippen LogP contribution in [0.4, 0.5) is 27.9 Å². The third-order valence-electron chi connectivity index (χ3n) is 6.75. The number of hydrogen-bond donors (Lipinski definition) is 2. The molecule has 0 bridgehead atoms. The molecule has 2 N–H and O–H groups in total. The van der Waals surface area contributed by atoms with Crippen molar-refractivity contribution in [1.29, 1.82) is 0 Å². The zero-order valence-electron chi connectivity index (χ0n) is 22.4. The molecule has 2 aromatic carbocycles. The van der Waals surface area contributed by atoms with Gasteiger partial charge in [0.05, 0.1) is 43.3 Å². The number of nitrogens with zero attached hydrogens (tertiary/aromatic N) is 5. The zero-order chi connectivity index (χ0) is 27.9. The quantitative estimate of drug-likeness (QED) is 0.345. The molecule has 0 aliphatic carbocycles. The molecule has 2 fully saturated rings.